The van der Waals surface area contributed by atoms with Gasteiger partial charge in [0.05, 0.1) is 14.2 Å². The van der Waals surface area contributed by atoms with Crippen molar-refractivity contribution in [3.8, 4) is 17.2 Å². The highest BCUT2D eigenvalue weighted by atomic mass is 16.7. The number of ether oxygens (including phenoxy) is 4. The molecule has 0 aliphatic rings. The van der Waals surface area contributed by atoms with Gasteiger partial charge in [0, 0.05) is 19.1 Å². The minimum Gasteiger partial charge on any atom is -0.496 e. The van der Waals surface area contributed by atoms with Crippen molar-refractivity contribution in [1.82, 2.24) is 0 Å². The van der Waals surface area contributed by atoms with Gasteiger partial charge in [0.25, 0.3) is 0 Å². The Morgan fingerprint density at radius 2 is 1.54 bits per heavy atom. The van der Waals surface area contributed by atoms with Gasteiger partial charge in [-0.15, -0.1) is 0 Å². The summed E-state index contributed by atoms with van der Waals surface area (Å²) >= 11 is 0. The maximum atomic E-state index is 5.67. The summed E-state index contributed by atoms with van der Waals surface area (Å²) in [5.74, 6) is 2.89. The molecule has 0 atom stereocenters. The maximum Gasteiger partial charge on any atom is 0.188 e. The molecule has 24 heavy (non-hydrogen) atoms. The topological polar surface area (TPSA) is 36.9 Å². The number of hydrogen-bond donors (Lipinski definition) is 0. The van der Waals surface area contributed by atoms with Crippen LogP contribution in [0.15, 0.2) is 36.4 Å². The fraction of sp³-hybridized carbons (Fsp3) is 0.400. The van der Waals surface area contributed by atoms with E-state index in [9.17, 15) is 0 Å². The van der Waals surface area contributed by atoms with Crippen molar-refractivity contribution in [2.24, 2.45) is 0 Å². The smallest absolute Gasteiger partial charge is 0.188 e. The van der Waals surface area contributed by atoms with Crippen molar-refractivity contribution >= 4 is 0 Å². The van der Waals surface area contributed by atoms with Crippen molar-refractivity contribution in [2.75, 3.05) is 28.1 Å². The number of methoxy groups -OCH3 is 3. The van der Waals surface area contributed by atoms with Crippen LogP contribution in [-0.4, -0.2) is 28.1 Å². The largest absolute Gasteiger partial charge is 0.496 e. The zero-order chi connectivity index (χ0) is 17.5. The predicted octanol–water partition coefficient (Wildman–Crippen LogP) is 4.40. The first-order chi connectivity index (χ1) is 11.6. The molecular weight excluding hydrogens is 304 g/mol. The highest BCUT2D eigenvalue weighted by molar-refractivity contribution is 5.49. The van der Waals surface area contributed by atoms with E-state index in [2.05, 4.69) is 26.0 Å². The molecule has 0 aromatic heterocycles. The van der Waals surface area contributed by atoms with E-state index in [0.29, 0.717) is 5.92 Å². The summed E-state index contributed by atoms with van der Waals surface area (Å²) in [5.41, 5.74) is 3.40. The van der Waals surface area contributed by atoms with Gasteiger partial charge >= 0.3 is 0 Å². The first-order valence-corrected chi connectivity index (χ1v) is 8.05. The Balaban J connectivity index is 2.35. The maximum absolute atomic E-state index is 5.67. The minimum absolute atomic E-state index is 0.249. The SMILES string of the molecule is COCOc1ccc(Cc2c(OC)cccc2OC)cc1C(C)C. The molecule has 0 aliphatic heterocycles. The normalized spacial score (nSPS) is 10.8. The lowest BCUT2D eigenvalue weighted by molar-refractivity contribution is 0.0502. The Kier molecular flexibility index (Phi) is 6.50. The van der Waals surface area contributed by atoms with Gasteiger partial charge in [-0.3, -0.25) is 0 Å². The first kappa shape index (κ1) is 18.1. The molecule has 2 aromatic rings. The quantitative estimate of drug-likeness (QED) is 0.672. The minimum atomic E-state index is 0.249. The highest BCUT2D eigenvalue weighted by Gasteiger charge is 2.14. The second-order valence-electron chi connectivity index (χ2n) is 5.90. The highest BCUT2D eigenvalue weighted by Crippen LogP contribution is 2.33. The summed E-state index contributed by atoms with van der Waals surface area (Å²) < 4.78 is 21.7. The van der Waals surface area contributed by atoms with Gasteiger partial charge in [0.1, 0.15) is 17.2 Å². The summed E-state index contributed by atoms with van der Waals surface area (Å²) in [4.78, 5) is 0. The van der Waals surface area contributed by atoms with Crippen LogP contribution in [0.1, 0.15) is 36.5 Å². The molecule has 0 spiro atoms. The van der Waals surface area contributed by atoms with Crippen molar-refractivity contribution in [2.45, 2.75) is 26.2 Å². The molecule has 0 fully saturated rings. The number of hydrogen-bond acceptors (Lipinski definition) is 4. The Morgan fingerprint density at radius 3 is 2.08 bits per heavy atom. The summed E-state index contributed by atoms with van der Waals surface area (Å²) in [6.45, 7) is 4.56. The van der Waals surface area contributed by atoms with Crippen molar-refractivity contribution < 1.29 is 18.9 Å². The Bertz CT molecular complexity index is 642. The molecule has 0 unspecified atom stereocenters. The monoisotopic (exact) mass is 330 g/mol. The fourth-order valence-corrected chi connectivity index (χ4v) is 2.72. The van der Waals surface area contributed by atoms with Gasteiger partial charge in [0.2, 0.25) is 0 Å². The van der Waals surface area contributed by atoms with Crippen LogP contribution >= 0.6 is 0 Å². The third-order valence-electron chi connectivity index (χ3n) is 3.94. The van der Waals surface area contributed by atoms with Gasteiger partial charge in [-0.1, -0.05) is 32.0 Å². The van der Waals surface area contributed by atoms with Gasteiger partial charge in [-0.25, -0.2) is 0 Å². The lowest BCUT2D eigenvalue weighted by atomic mass is 9.96. The second kappa shape index (κ2) is 8.60. The average molecular weight is 330 g/mol. The third-order valence-corrected chi connectivity index (χ3v) is 3.94. The molecule has 2 rings (SSSR count). The predicted molar refractivity (Wildman–Crippen MR) is 95.4 cm³/mol. The van der Waals surface area contributed by atoms with E-state index in [-0.39, 0.29) is 6.79 Å². The fourth-order valence-electron chi connectivity index (χ4n) is 2.72. The Hall–Kier alpha value is -2.20. The number of benzene rings is 2. The van der Waals surface area contributed by atoms with Gasteiger partial charge in [0.15, 0.2) is 6.79 Å². The molecule has 4 heteroatoms. The second-order valence-corrected chi connectivity index (χ2v) is 5.90. The summed E-state index contributed by atoms with van der Waals surface area (Å²) in [5, 5.41) is 0. The lowest BCUT2D eigenvalue weighted by Gasteiger charge is -2.17. The van der Waals surface area contributed by atoms with Crippen LogP contribution in [-0.2, 0) is 11.2 Å². The van der Waals surface area contributed by atoms with E-state index in [1.807, 2.05) is 24.3 Å². The number of rotatable bonds is 8. The molecule has 0 saturated carbocycles. The molecule has 0 N–H and O–H groups in total. The van der Waals surface area contributed by atoms with E-state index in [1.165, 1.54) is 11.1 Å². The van der Waals surface area contributed by atoms with Crippen LogP contribution in [0.5, 0.6) is 17.2 Å². The van der Waals surface area contributed by atoms with E-state index in [1.54, 1.807) is 21.3 Å². The molecular formula is C20H26O4. The summed E-state index contributed by atoms with van der Waals surface area (Å²) in [6.07, 6.45) is 0.734. The molecule has 2 aromatic carbocycles. The van der Waals surface area contributed by atoms with Crippen molar-refractivity contribution in [1.29, 1.82) is 0 Å². The Labute approximate surface area is 144 Å². The van der Waals surface area contributed by atoms with Crippen LogP contribution in [0, 0.1) is 0 Å². The van der Waals surface area contributed by atoms with Crippen LogP contribution in [0.2, 0.25) is 0 Å². The van der Waals surface area contributed by atoms with Gasteiger partial charge in [-0.05, 0) is 35.2 Å². The van der Waals surface area contributed by atoms with Crippen LogP contribution < -0.4 is 14.2 Å². The van der Waals surface area contributed by atoms with E-state index < -0.39 is 0 Å². The van der Waals surface area contributed by atoms with Crippen LogP contribution in [0.25, 0.3) is 0 Å². The molecule has 0 heterocycles. The zero-order valence-corrected chi connectivity index (χ0v) is 15.1. The summed E-state index contributed by atoms with van der Waals surface area (Å²) in [7, 11) is 4.98. The van der Waals surface area contributed by atoms with Crippen molar-refractivity contribution in [3.63, 3.8) is 0 Å². The molecule has 0 radical (unpaired) electrons. The Morgan fingerprint density at radius 1 is 0.875 bits per heavy atom. The molecule has 0 saturated heterocycles. The molecule has 130 valence electrons. The molecule has 0 amide bonds. The molecule has 0 aliphatic carbocycles. The summed E-state index contributed by atoms with van der Waals surface area (Å²) in [6, 6.07) is 12.1. The standard InChI is InChI=1S/C20H26O4/c1-14(2)16-11-15(9-10-20(16)24-13-21-3)12-17-18(22-4)7-6-8-19(17)23-5/h6-11,14H,12-13H2,1-5H3. The van der Waals surface area contributed by atoms with Gasteiger partial charge in [-0.2, -0.15) is 0 Å². The third kappa shape index (κ3) is 4.20. The van der Waals surface area contributed by atoms with Crippen LogP contribution in [0.3, 0.4) is 0 Å². The lowest BCUT2D eigenvalue weighted by Crippen LogP contribution is -2.04. The molecule has 4 nitrogen and oxygen atoms in total. The first-order valence-electron chi connectivity index (χ1n) is 8.05. The van der Waals surface area contributed by atoms with Crippen LogP contribution in [0.4, 0.5) is 0 Å². The van der Waals surface area contributed by atoms with Crippen molar-refractivity contribution in [3.05, 3.63) is 53.1 Å². The average Bonchev–Trinajstić information content (AvgIpc) is 2.60. The van der Waals surface area contributed by atoms with E-state index >= 15 is 0 Å². The zero-order valence-electron chi connectivity index (χ0n) is 15.1. The van der Waals surface area contributed by atoms with Gasteiger partial charge < -0.3 is 18.9 Å². The van der Waals surface area contributed by atoms with E-state index in [0.717, 1.165) is 29.2 Å². The van der Waals surface area contributed by atoms with E-state index in [4.69, 9.17) is 18.9 Å². The molecule has 0 bridgehead atoms.